The van der Waals surface area contributed by atoms with Crippen LogP contribution < -0.4 is 10.1 Å². The molecule has 0 heterocycles. The predicted octanol–water partition coefficient (Wildman–Crippen LogP) is 2.18. The molecule has 0 unspecified atom stereocenters. The van der Waals surface area contributed by atoms with E-state index in [-0.39, 0.29) is 29.7 Å². The second-order valence-electron chi connectivity index (χ2n) is 4.64. The molecule has 0 spiro atoms. The number of methoxy groups -OCH3 is 1. The topological polar surface area (TPSA) is 55.4 Å². The fourth-order valence-corrected chi connectivity index (χ4v) is 1.62. The molecule has 0 atom stereocenters. The molecule has 19 heavy (non-hydrogen) atoms. The number of Topliss-reactive ketones (excluding diaryl/α,β-unsaturated/α-hetero) is 1. The van der Waals surface area contributed by atoms with Crippen molar-refractivity contribution in [2.45, 2.75) is 20.3 Å². The second kappa shape index (κ2) is 6.87. The maximum absolute atomic E-state index is 13.1. The van der Waals surface area contributed by atoms with Gasteiger partial charge in [0.25, 0.3) is 0 Å². The summed E-state index contributed by atoms with van der Waals surface area (Å²) in [4.78, 5) is 23.3. The van der Waals surface area contributed by atoms with Crippen LogP contribution in [0.1, 0.15) is 30.6 Å². The molecule has 1 N–H and O–H groups in total. The van der Waals surface area contributed by atoms with E-state index in [1.54, 1.807) is 0 Å². The molecule has 0 bridgehead atoms. The Bertz CT molecular complexity index is 472. The van der Waals surface area contributed by atoms with Gasteiger partial charge in [0.15, 0.2) is 5.78 Å². The average Bonchev–Trinajstić information content (AvgIpc) is 2.35. The van der Waals surface area contributed by atoms with E-state index in [4.69, 9.17) is 4.74 Å². The van der Waals surface area contributed by atoms with E-state index >= 15 is 0 Å². The maximum Gasteiger partial charge on any atom is 0.220 e. The lowest BCUT2D eigenvalue weighted by Crippen LogP contribution is -2.30. The van der Waals surface area contributed by atoms with Crippen molar-refractivity contribution in [2.75, 3.05) is 13.7 Å². The first-order chi connectivity index (χ1) is 8.93. The summed E-state index contributed by atoms with van der Waals surface area (Å²) < 4.78 is 18.1. The molecule has 4 nitrogen and oxygen atoms in total. The van der Waals surface area contributed by atoms with Crippen molar-refractivity contribution < 1.29 is 18.7 Å². The third-order valence-electron chi connectivity index (χ3n) is 2.50. The highest BCUT2D eigenvalue weighted by Crippen LogP contribution is 2.19. The number of benzene rings is 1. The molecule has 0 saturated carbocycles. The van der Waals surface area contributed by atoms with Gasteiger partial charge in [-0.1, -0.05) is 13.8 Å². The summed E-state index contributed by atoms with van der Waals surface area (Å²) in [6, 6.07) is 3.71. The Hall–Kier alpha value is -1.91. The van der Waals surface area contributed by atoms with Crippen molar-refractivity contribution >= 4 is 11.7 Å². The smallest absolute Gasteiger partial charge is 0.220 e. The number of hydrogen-bond donors (Lipinski definition) is 1. The van der Waals surface area contributed by atoms with Gasteiger partial charge in [0.2, 0.25) is 5.91 Å². The molecule has 1 aromatic rings. The number of carbonyl (C=O) groups is 2. The summed E-state index contributed by atoms with van der Waals surface area (Å²) in [7, 11) is 1.40. The zero-order valence-corrected chi connectivity index (χ0v) is 11.3. The summed E-state index contributed by atoms with van der Waals surface area (Å²) in [6.07, 6.45) is 0.355. The first-order valence-electron chi connectivity index (χ1n) is 6.07. The Morgan fingerprint density at radius 3 is 2.63 bits per heavy atom. The zero-order valence-electron chi connectivity index (χ0n) is 11.3. The third kappa shape index (κ3) is 4.69. The minimum absolute atomic E-state index is 0.132. The summed E-state index contributed by atoms with van der Waals surface area (Å²) in [5.74, 6) is -0.576. The van der Waals surface area contributed by atoms with Crippen molar-refractivity contribution in [3.05, 3.63) is 29.6 Å². The van der Waals surface area contributed by atoms with Crippen LogP contribution in [0.4, 0.5) is 4.39 Å². The number of amides is 1. The second-order valence-corrected chi connectivity index (χ2v) is 4.64. The quantitative estimate of drug-likeness (QED) is 0.804. The normalized spacial score (nSPS) is 10.4. The average molecular weight is 267 g/mol. The van der Waals surface area contributed by atoms with Crippen LogP contribution >= 0.6 is 0 Å². The van der Waals surface area contributed by atoms with E-state index in [0.29, 0.717) is 12.2 Å². The number of halogens is 1. The molecule has 0 aliphatic carbocycles. The zero-order chi connectivity index (χ0) is 14.4. The van der Waals surface area contributed by atoms with Crippen LogP contribution in [-0.4, -0.2) is 25.3 Å². The molecule has 0 aromatic heterocycles. The number of carbonyl (C=O) groups excluding carboxylic acids is 2. The highest BCUT2D eigenvalue weighted by atomic mass is 19.1. The molecule has 0 aliphatic heterocycles. The largest absolute Gasteiger partial charge is 0.496 e. The number of nitrogens with one attached hydrogen (secondary N) is 1. The van der Waals surface area contributed by atoms with E-state index in [0.717, 1.165) is 6.07 Å². The molecule has 0 saturated heterocycles. The van der Waals surface area contributed by atoms with Gasteiger partial charge in [-0.3, -0.25) is 9.59 Å². The molecular formula is C14H18FNO3. The third-order valence-corrected chi connectivity index (χ3v) is 2.50. The lowest BCUT2D eigenvalue weighted by molar-refractivity contribution is -0.121. The Labute approximate surface area is 112 Å². The maximum atomic E-state index is 13.1. The van der Waals surface area contributed by atoms with E-state index in [1.165, 1.54) is 19.2 Å². The minimum Gasteiger partial charge on any atom is -0.496 e. The fraction of sp³-hybridized carbons (Fsp3) is 0.429. The standard InChI is InChI=1S/C14H18FNO3/c1-9(2)6-14(18)16-8-12(17)11-7-10(15)4-5-13(11)19-3/h4-5,7,9H,6,8H2,1-3H3,(H,16,18). The number of rotatable bonds is 6. The van der Waals surface area contributed by atoms with Crippen LogP contribution in [0.5, 0.6) is 5.75 Å². The molecule has 0 aliphatic rings. The van der Waals surface area contributed by atoms with E-state index in [9.17, 15) is 14.0 Å². The van der Waals surface area contributed by atoms with Gasteiger partial charge in [-0.2, -0.15) is 0 Å². The monoisotopic (exact) mass is 267 g/mol. The Morgan fingerprint density at radius 2 is 2.05 bits per heavy atom. The van der Waals surface area contributed by atoms with E-state index in [2.05, 4.69) is 5.32 Å². The number of ketones is 1. The Morgan fingerprint density at radius 1 is 1.37 bits per heavy atom. The molecular weight excluding hydrogens is 249 g/mol. The molecule has 1 amide bonds. The van der Waals surface area contributed by atoms with Gasteiger partial charge in [0, 0.05) is 6.42 Å². The van der Waals surface area contributed by atoms with Gasteiger partial charge >= 0.3 is 0 Å². The summed E-state index contributed by atoms with van der Waals surface area (Å²) in [5.41, 5.74) is 0.132. The summed E-state index contributed by atoms with van der Waals surface area (Å²) in [5, 5.41) is 2.52. The van der Waals surface area contributed by atoms with Gasteiger partial charge in [-0.25, -0.2) is 4.39 Å². The fourth-order valence-electron chi connectivity index (χ4n) is 1.62. The Kier molecular flexibility index (Phi) is 5.48. The van der Waals surface area contributed by atoms with Gasteiger partial charge in [0.1, 0.15) is 11.6 Å². The molecule has 0 fully saturated rings. The first kappa shape index (κ1) is 15.1. The lowest BCUT2D eigenvalue weighted by atomic mass is 10.1. The molecule has 5 heteroatoms. The highest BCUT2D eigenvalue weighted by molar-refractivity contribution is 6.01. The van der Waals surface area contributed by atoms with Crippen molar-refractivity contribution in [3.8, 4) is 5.75 Å². The minimum atomic E-state index is -0.516. The van der Waals surface area contributed by atoms with Gasteiger partial charge in [-0.15, -0.1) is 0 Å². The van der Waals surface area contributed by atoms with E-state index in [1.807, 2.05) is 13.8 Å². The van der Waals surface area contributed by atoms with Crippen molar-refractivity contribution in [1.82, 2.24) is 5.32 Å². The number of ether oxygens (including phenoxy) is 1. The van der Waals surface area contributed by atoms with Gasteiger partial charge in [0.05, 0.1) is 19.2 Å². The first-order valence-corrected chi connectivity index (χ1v) is 6.07. The van der Waals surface area contributed by atoms with Crippen LogP contribution in [0.2, 0.25) is 0 Å². The van der Waals surface area contributed by atoms with Crippen LogP contribution in [0.3, 0.4) is 0 Å². The van der Waals surface area contributed by atoms with Crippen LogP contribution in [0.15, 0.2) is 18.2 Å². The molecule has 0 radical (unpaired) electrons. The Balaban J connectivity index is 2.68. The molecule has 104 valence electrons. The van der Waals surface area contributed by atoms with E-state index < -0.39 is 5.82 Å². The molecule has 1 aromatic carbocycles. The van der Waals surface area contributed by atoms with Gasteiger partial charge in [-0.05, 0) is 24.1 Å². The van der Waals surface area contributed by atoms with Crippen LogP contribution in [0, 0.1) is 11.7 Å². The van der Waals surface area contributed by atoms with Crippen molar-refractivity contribution in [3.63, 3.8) is 0 Å². The van der Waals surface area contributed by atoms with Crippen LogP contribution in [-0.2, 0) is 4.79 Å². The SMILES string of the molecule is COc1ccc(F)cc1C(=O)CNC(=O)CC(C)C. The van der Waals surface area contributed by atoms with Crippen molar-refractivity contribution in [2.24, 2.45) is 5.92 Å². The number of hydrogen-bond acceptors (Lipinski definition) is 3. The van der Waals surface area contributed by atoms with Crippen LogP contribution in [0.25, 0.3) is 0 Å². The summed E-state index contributed by atoms with van der Waals surface area (Å²) in [6.45, 7) is 3.67. The highest BCUT2D eigenvalue weighted by Gasteiger charge is 2.14. The summed E-state index contributed by atoms with van der Waals surface area (Å²) >= 11 is 0. The van der Waals surface area contributed by atoms with Gasteiger partial charge < -0.3 is 10.1 Å². The van der Waals surface area contributed by atoms with Crippen molar-refractivity contribution in [1.29, 1.82) is 0 Å². The lowest BCUT2D eigenvalue weighted by Gasteiger charge is -2.09. The predicted molar refractivity (Wildman–Crippen MR) is 69.7 cm³/mol. The molecule has 1 rings (SSSR count).